The van der Waals surface area contributed by atoms with E-state index in [0.717, 1.165) is 0 Å². The molecule has 0 amide bonds. The summed E-state index contributed by atoms with van der Waals surface area (Å²) in [5, 5.41) is 0. The van der Waals surface area contributed by atoms with E-state index in [-0.39, 0.29) is 0 Å². The molecule has 4 heteroatoms. The zero-order valence-corrected chi connectivity index (χ0v) is 10.9. The first-order valence-electron chi connectivity index (χ1n) is 5.95. The van der Waals surface area contributed by atoms with Crippen LogP contribution in [-0.4, -0.2) is 12.6 Å². The van der Waals surface area contributed by atoms with Gasteiger partial charge in [0.05, 0.1) is 12.2 Å². The van der Waals surface area contributed by atoms with Gasteiger partial charge in [0.15, 0.2) is 5.75 Å². The normalized spacial score (nSPS) is 11.5. The predicted octanol–water partition coefficient (Wildman–Crippen LogP) is 3.24. The Morgan fingerprint density at radius 1 is 1.17 bits per heavy atom. The van der Waals surface area contributed by atoms with Gasteiger partial charge in [0.25, 0.3) is 0 Å². The highest BCUT2D eigenvalue weighted by Crippen LogP contribution is 2.14. The minimum Gasteiger partial charge on any atom is -0.498 e. The number of allylic oxidation sites excluding steroid dienone is 1. The van der Waals surface area contributed by atoms with Crippen molar-refractivity contribution in [2.45, 2.75) is 27.2 Å². The van der Waals surface area contributed by atoms with Gasteiger partial charge in [-0.3, -0.25) is 4.89 Å². The molecular weight excluding hydrogens is 232 g/mol. The van der Waals surface area contributed by atoms with Gasteiger partial charge in [-0.2, -0.15) is 0 Å². The van der Waals surface area contributed by atoms with Crippen LogP contribution >= 0.6 is 0 Å². The molecule has 18 heavy (non-hydrogen) atoms. The molecule has 0 aliphatic carbocycles. The molecule has 0 N–H and O–H groups in total. The zero-order valence-electron chi connectivity index (χ0n) is 10.9. The maximum atomic E-state index is 11.7. The van der Waals surface area contributed by atoms with Gasteiger partial charge in [0.2, 0.25) is 0 Å². The third kappa shape index (κ3) is 4.13. The number of para-hydroxylation sites is 1. The molecule has 0 atom stereocenters. The molecule has 0 aliphatic rings. The van der Waals surface area contributed by atoms with Crippen LogP contribution in [0.2, 0.25) is 0 Å². The summed E-state index contributed by atoms with van der Waals surface area (Å²) in [6, 6.07) is 8.85. The second-order valence-corrected chi connectivity index (χ2v) is 3.60. The number of hydrogen-bond acceptors (Lipinski definition) is 4. The summed E-state index contributed by atoms with van der Waals surface area (Å²) < 4.78 is 5.35. The van der Waals surface area contributed by atoms with Crippen LogP contribution in [0.4, 0.5) is 0 Å². The van der Waals surface area contributed by atoms with E-state index in [0.29, 0.717) is 30.1 Å². The minimum absolute atomic E-state index is 0.426. The SMILES string of the molecule is CCOC(CC)=C(C)C(=O)OOc1ccccc1. The highest BCUT2D eigenvalue weighted by molar-refractivity contribution is 5.87. The molecule has 1 aromatic rings. The average molecular weight is 250 g/mol. The van der Waals surface area contributed by atoms with Crippen molar-refractivity contribution in [3.8, 4) is 5.75 Å². The number of carbonyl (C=O) groups excluding carboxylic acids is 1. The fourth-order valence-corrected chi connectivity index (χ4v) is 1.39. The Bertz CT molecular complexity index is 409. The summed E-state index contributed by atoms with van der Waals surface area (Å²) in [6.07, 6.45) is 0.639. The van der Waals surface area contributed by atoms with Crippen molar-refractivity contribution in [1.29, 1.82) is 0 Å². The molecule has 0 unspecified atom stereocenters. The molecule has 1 rings (SSSR count). The molecule has 1 aromatic carbocycles. The maximum absolute atomic E-state index is 11.7. The fraction of sp³-hybridized carbons (Fsp3) is 0.357. The Kier molecular flexibility index (Phi) is 5.77. The Labute approximate surface area is 107 Å². The van der Waals surface area contributed by atoms with E-state index in [1.165, 1.54) is 0 Å². The quantitative estimate of drug-likeness (QED) is 0.336. The highest BCUT2D eigenvalue weighted by atomic mass is 17.2. The van der Waals surface area contributed by atoms with E-state index in [4.69, 9.17) is 14.5 Å². The van der Waals surface area contributed by atoms with Crippen molar-refractivity contribution in [1.82, 2.24) is 0 Å². The van der Waals surface area contributed by atoms with Crippen molar-refractivity contribution < 1.29 is 19.3 Å². The van der Waals surface area contributed by atoms with Crippen LogP contribution < -0.4 is 4.89 Å². The molecule has 0 fully saturated rings. The van der Waals surface area contributed by atoms with Crippen molar-refractivity contribution in [2.75, 3.05) is 6.61 Å². The van der Waals surface area contributed by atoms with Crippen LogP contribution in [-0.2, 0) is 14.4 Å². The third-order valence-corrected chi connectivity index (χ3v) is 2.32. The summed E-state index contributed by atoms with van der Waals surface area (Å²) in [6.45, 7) is 5.97. The molecule has 0 bridgehead atoms. The van der Waals surface area contributed by atoms with Crippen molar-refractivity contribution in [3.05, 3.63) is 41.7 Å². The lowest BCUT2D eigenvalue weighted by atomic mass is 10.2. The summed E-state index contributed by atoms with van der Waals surface area (Å²) in [4.78, 5) is 21.4. The molecule has 0 saturated heterocycles. The van der Waals surface area contributed by atoms with Gasteiger partial charge in [0, 0.05) is 6.42 Å². The number of ether oxygens (including phenoxy) is 1. The number of hydrogen-bond donors (Lipinski definition) is 0. The van der Waals surface area contributed by atoms with E-state index in [1.807, 2.05) is 19.9 Å². The highest BCUT2D eigenvalue weighted by Gasteiger charge is 2.14. The first-order valence-corrected chi connectivity index (χ1v) is 5.95. The fourth-order valence-electron chi connectivity index (χ4n) is 1.39. The minimum atomic E-state index is -0.538. The van der Waals surface area contributed by atoms with E-state index in [1.54, 1.807) is 31.2 Å². The number of carbonyl (C=O) groups is 1. The molecule has 0 spiro atoms. The summed E-state index contributed by atoms with van der Waals surface area (Å²) >= 11 is 0. The molecule has 4 nitrogen and oxygen atoms in total. The first kappa shape index (κ1) is 14.1. The average Bonchev–Trinajstić information content (AvgIpc) is 2.42. The summed E-state index contributed by atoms with van der Waals surface area (Å²) in [5.74, 6) is 0.566. The van der Waals surface area contributed by atoms with Gasteiger partial charge >= 0.3 is 5.97 Å². The largest absolute Gasteiger partial charge is 0.498 e. The van der Waals surface area contributed by atoms with Crippen LogP contribution in [0, 0.1) is 0 Å². The van der Waals surface area contributed by atoms with Crippen LogP contribution in [0.3, 0.4) is 0 Å². The predicted molar refractivity (Wildman–Crippen MR) is 67.8 cm³/mol. The summed E-state index contributed by atoms with van der Waals surface area (Å²) in [7, 11) is 0. The molecule has 98 valence electrons. The lowest BCUT2D eigenvalue weighted by Crippen LogP contribution is -2.12. The molecule has 0 heterocycles. The molecule has 0 saturated carbocycles. The topological polar surface area (TPSA) is 44.8 Å². The van der Waals surface area contributed by atoms with E-state index in [9.17, 15) is 4.79 Å². The van der Waals surface area contributed by atoms with Gasteiger partial charge in [0.1, 0.15) is 5.76 Å². The van der Waals surface area contributed by atoms with Crippen LogP contribution in [0.1, 0.15) is 27.2 Å². The standard InChI is InChI=1S/C14H18O4/c1-4-13(16-5-2)11(3)14(15)18-17-12-9-7-6-8-10-12/h6-10H,4-5H2,1-3H3. The van der Waals surface area contributed by atoms with Crippen molar-refractivity contribution in [2.24, 2.45) is 0 Å². The molecular formula is C14H18O4. The second kappa shape index (κ2) is 7.37. The smallest absolute Gasteiger partial charge is 0.385 e. The Balaban J connectivity index is 2.59. The number of benzene rings is 1. The van der Waals surface area contributed by atoms with Gasteiger partial charge in [-0.05, 0) is 26.0 Å². The monoisotopic (exact) mass is 250 g/mol. The van der Waals surface area contributed by atoms with Crippen LogP contribution in [0.25, 0.3) is 0 Å². The van der Waals surface area contributed by atoms with E-state index < -0.39 is 5.97 Å². The van der Waals surface area contributed by atoms with E-state index in [2.05, 4.69) is 0 Å². The van der Waals surface area contributed by atoms with Crippen LogP contribution in [0.15, 0.2) is 41.7 Å². The van der Waals surface area contributed by atoms with E-state index >= 15 is 0 Å². The van der Waals surface area contributed by atoms with Gasteiger partial charge in [-0.25, -0.2) is 9.68 Å². The Morgan fingerprint density at radius 2 is 1.83 bits per heavy atom. The molecule has 0 aromatic heterocycles. The summed E-state index contributed by atoms with van der Waals surface area (Å²) in [5.41, 5.74) is 0.426. The molecule has 0 aliphatic heterocycles. The Morgan fingerprint density at radius 3 is 2.39 bits per heavy atom. The Hall–Kier alpha value is -1.97. The van der Waals surface area contributed by atoms with Crippen molar-refractivity contribution in [3.63, 3.8) is 0 Å². The van der Waals surface area contributed by atoms with Crippen molar-refractivity contribution >= 4 is 5.97 Å². The maximum Gasteiger partial charge on any atom is 0.385 e. The first-order chi connectivity index (χ1) is 8.69. The molecule has 0 radical (unpaired) electrons. The zero-order chi connectivity index (χ0) is 13.4. The van der Waals surface area contributed by atoms with Gasteiger partial charge in [-0.15, -0.1) is 0 Å². The lowest BCUT2D eigenvalue weighted by Gasteiger charge is -2.10. The second-order valence-electron chi connectivity index (χ2n) is 3.60. The van der Waals surface area contributed by atoms with Gasteiger partial charge in [-0.1, -0.05) is 25.1 Å². The van der Waals surface area contributed by atoms with Crippen LogP contribution in [0.5, 0.6) is 5.75 Å². The van der Waals surface area contributed by atoms with Gasteiger partial charge < -0.3 is 4.74 Å². The lowest BCUT2D eigenvalue weighted by molar-refractivity contribution is -0.208. The number of rotatable bonds is 6. The third-order valence-electron chi connectivity index (χ3n) is 2.32.